The molecule has 1 saturated heterocycles. The van der Waals surface area contributed by atoms with Crippen LogP contribution in [0.15, 0.2) is 78.9 Å². The van der Waals surface area contributed by atoms with Crippen molar-refractivity contribution in [3.63, 3.8) is 0 Å². The lowest BCUT2D eigenvalue weighted by Gasteiger charge is -2.35. The fraction of sp³-hybridized carbons (Fsp3) is 0.167. The Balaban J connectivity index is 1.44. The Morgan fingerprint density at radius 1 is 0.933 bits per heavy atom. The average molecular weight is 420 g/mol. The van der Waals surface area contributed by atoms with Gasteiger partial charge in [-0.25, -0.2) is 4.79 Å². The Bertz CT molecular complexity index is 1040. The Labute approximate surface area is 180 Å². The van der Waals surface area contributed by atoms with Crippen molar-refractivity contribution in [1.29, 1.82) is 0 Å². The second kappa shape index (κ2) is 9.01. The minimum Gasteiger partial charge on any atom is -0.322 e. The van der Waals surface area contributed by atoms with Gasteiger partial charge in [-0.05, 0) is 54.4 Å². The molecular weight excluding hydrogens is 398 g/mol. The Morgan fingerprint density at radius 2 is 1.70 bits per heavy atom. The number of halogens is 1. The largest absolute Gasteiger partial charge is 0.324 e. The predicted octanol–water partition coefficient (Wildman–Crippen LogP) is 5.42. The summed E-state index contributed by atoms with van der Waals surface area (Å²) in [7, 11) is 0. The molecule has 30 heavy (non-hydrogen) atoms. The smallest absolute Gasteiger partial charge is 0.322 e. The second-order valence-electron chi connectivity index (χ2n) is 7.21. The molecule has 0 radical (unpaired) electrons. The summed E-state index contributed by atoms with van der Waals surface area (Å²) in [6, 6.07) is 24.1. The minimum absolute atomic E-state index is 0.0127. The van der Waals surface area contributed by atoms with E-state index in [4.69, 9.17) is 11.6 Å². The number of hydrogen-bond acceptors (Lipinski definition) is 2. The van der Waals surface area contributed by atoms with Crippen LogP contribution in [0.1, 0.15) is 22.3 Å². The first kappa shape index (κ1) is 20.0. The third-order valence-corrected chi connectivity index (χ3v) is 5.29. The van der Waals surface area contributed by atoms with E-state index in [1.807, 2.05) is 47.4 Å². The quantitative estimate of drug-likeness (QED) is 0.599. The van der Waals surface area contributed by atoms with E-state index < -0.39 is 0 Å². The Hall–Kier alpha value is -3.31. The fourth-order valence-electron chi connectivity index (χ4n) is 3.53. The fourth-order valence-corrected chi connectivity index (χ4v) is 3.72. The van der Waals surface area contributed by atoms with Gasteiger partial charge >= 0.3 is 6.03 Å². The van der Waals surface area contributed by atoms with Crippen molar-refractivity contribution in [3.05, 3.63) is 95.0 Å². The number of urea groups is 1. The molecule has 0 aliphatic carbocycles. The third-order valence-electron chi connectivity index (χ3n) is 5.05. The van der Waals surface area contributed by atoms with Crippen LogP contribution in [0.4, 0.5) is 16.2 Å². The summed E-state index contributed by atoms with van der Waals surface area (Å²) < 4.78 is 0. The van der Waals surface area contributed by atoms with Crippen molar-refractivity contribution in [1.82, 2.24) is 4.90 Å². The first-order valence-electron chi connectivity index (χ1n) is 9.87. The molecule has 3 aromatic carbocycles. The minimum atomic E-state index is -0.223. The molecule has 3 aromatic rings. The molecule has 0 spiro atoms. The molecular formula is C24H22ClN3O2. The molecule has 5 nitrogen and oxygen atoms in total. The molecule has 1 heterocycles. The van der Waals surface area contributed by atoms with Gasteiger partial charge in [-0.3, -0.25) is 9.69 Å². The van der Waals surface area contributed by atoms with E-state index in [1.165, 1.54) is 0 Å². The molecule has 1 aliphatic rings. The number of anilines is 2. The molecule has 0 aromatic heterocycles. The third kappa shape index (κ3) is 4.63. The molecule has 0 atom stereocenters. The topological polar surface area (TPSA) is 52.7 Å². The van der Waals surface area contributed by atoms with Gasteiger partial charge in [0, 0.05) is 41.6 Å². The highest BCUT2D eigenvalue weighted by atomic mass is 35.5. The zero-order valence-electron chi connectivity index (χ0n) is 16.4. The monoisotopic (exact) mass is 419 g/mol. The summed E-state index contributed by atoms with van der Waals surface area (Å²) in [5.41, 5.74) is 3.06. The summed E-state index contributed by atoms with van der Waals surface area (Å²) in [6.07, 6.45) is 0.898. The maximum absolute atomic E-state index is 13.0. The summed E-state index contributed by atoms with van der Waals surface area (Å²) in [5, 5.41) is 3.39. The van der Waals surface area contributed by atoms with Gasteiger partial charge in [0.15, 0.2) is 0 Å². The van der Waals surface area contributed by atoms with Crippen molar-refractivity contribution in [3.8, 4) is 0 Å². The number of carbonyl (C=O) groups excluding carboxylic acids is 2. The van der Waals surface area contributed by atoms with E-state index in [2.05, 4.69) is 5.32 Å². The summed E-state index contributed by atoms with van der Waals surface area (Å²) in [5.74, 6) is -0.223. The number of rotatable bonds is 5. The predicted molar refractivity (Wildman–Crippen MR) is 120 cm³/mol. The number of amides is 3. The lowest BCUT2D eigenvalue weighted by atomic mass is 10.1. The van der Waals surface area contributed by atoms with Gasteiger partial charge in [0.1, 0.15) is 0 Å². The standard InChI is InChI=1S/C24H22ClN3O2/c25-20-8-4-9-21(16-20)26-23(29)19-10-12-22(13-11-19)28-15-5-14-27(24(28)30)17-18-6-2-1-3-7-18/h1-4,6-13,16H,5,14-15,17H2,(H,26,29). The summed E-state index contributed by atoms with van der Waals surface area (Å²) >= 11 is 5.96. The number of hydrogen-bond donors (Lipinski definition) is 1. The zero-order chi connectivity index (χ0) is 20.9. The van der Waals surface area contributed by atoms with Gasteiger partial charge in [0.25, 0.3) is 5.91 Å². The Morgan fingerprint density at radius 3 is 2.43 bits per heavy atom. The van der Waals surface area contributed by atoms with Crippen LogP contribution in [0.2, 0.25) is 5.02 Å². The maximum atomic E-state index is 13.0. The van der Waals surface area contributed by atoms with Gasteiger partial charge in [-0.15, -0.1) is 0 Å². The molecule has 152 valence electrons. The number of carbonyl (C=O) groups is 2. The van der Waals surface area contributed by atoms with Crippen LogP contribution in [0, 0.1) is 0 Å². The molecule has 0 unspecified atom stereocenters. The van der Waals surface area contributed by atoms with Gasteiger partial charge in [-0.2, -0.15) is 0 Å². The van der Waals surface area contributed by atoms with Crippen molar-refractivity contribution in [2.24, 2.45) is 0 Å². The lowest BCUT2D eigenvalue weighted by Crippen LogP contribution is -2.49. The van der Waals surface area contributed by atoms with E-state index in [9.17, 15) is 9.59 Å². The summed E-state index contributed by atoms with van der Waals surface area (Å²) in [6.45, 7) is 2.00. The second-order valence-corrected chi connectivity index (χ2v) is 7.64. The molecule has 1 N–H and O–H groups in total. The van der Waals surface area contributed by atoms with E-state index in [0.717, 1.165) is 24.2 Å². The van der Waals surface area contributed by atoms with Gasteiger partial charge in [0.2, 0.25) is 0 Å². The molecule has 0 bridgehead atoms. The van der Waals surface area contributed by atoms with Crippen LogP contribution >= 0.6 is 11.6 Å². The van der Waals surface area contributed by atoms with Crippen molar-refractivity contribution in [2.45, 2.75) is 13.0 Å². The Kier molecular flexibility index (Phi) is 6.00. The van der Waals surface area contributed by atoms with Gasteiger partial charge in [-0.1, -0.05) is 48.0 Å². The van der Waals surface area contributed by atoms with Crippen LogP contribution in [0.3, 0.4) is 0 Å². The van der Waals surface area contributed by atoms with Crippen molar-refractivity contribution < 1.29 is 9.59 Å². The van der Waals surface area contributed by atoms with Crippen LogP contribution in [0.5, 0.6) is 0 Å². The normalized spacial score (nSPS) is 14.0. The number of nitrogens with zero attached hydrogens (tertiary/aromatic N) is 2. The molecule has 4 rings (SSSR count). The van der Waals surface area contributed by atoms with Gasteiger partial charge in [0.05, 0.1) is 0 Å². The zero-order valence-corrected chi connectivity index (χ0v) is 17.2. The maximum Gasteiger partial charge on any atom is 0.324 e. The van der Waals surface area contributed by atoms with E-state index in [-0.39, 0.29) is 11.9 Å². The highest BCUT2D eigenvalue weighted by molar-refractivity contribution is 6.31. The van der Waals surface area contributed by atoms with Crippen molar-refractivity contribution in [2.75, 3.05) is 23.3 Å². The molecule has 0 saturated carbocycles. The van der Waals surface area contributed by atoms with Crippen molar-refractivity contribution >= 4 is 34.9 Å². The van der Waals surface area contributed by atoms with Crippen LogP contribution in [0.25, 0.3) is 0 Å². The molecule has 6 heteroatoms. The first-order chi connectivity index (χ1) is 14.6. The van der Waals surface area contributed by atoms with Crippen LogP contribution < -0.4 is 10.2 Å². The van der Waals surface area contributed by atoms with Crippen LogP contribution in [-0.4, -0.2) is 29.9 Å². The number of benzene rings is 3. The van der Waals surface area contributed by atoms with E-state index >= 15 is 0 Å². The highest BCUT2D eigenvalue weighted by Gasteiger charge is 2.26. The first-order valence-corrected chi connectivity index (χ1v) is 10.3. The van der Waals surface area contributed by atoms with Gasteiger partial charge < -0.3 is 10.2 Å². The lowest BCUT2D eigenvalue weighted by molar-refractivity contribution is 0.102. The molecule has 1 aliphatic heterocycles. The average Bonchev–Trinajstić information content (AvgIpc) is 2.76. The van der Waals surface area contributed by atoms with E-state index in [1.54, 1.807) is 41.3 Å². The van der Waals surface area contributed by atoms with E-state index in [0.29, 0.717) is 29.4 Å². The van der Waals surface area contributed by atoms with Crippen LogP contribution in [-0.2, 0) is 6.54 Å². The molecule has 1 fully saturated rings. The highest BCUT2D eigenvalue weighted by Crippen LogP contribution is 2.23. The number of nitrogens with one attached hydrogen (secondary N) is 1. The summed E-state index contributed by atoms with van der Waals surface area (Å²) in [4.78, 5) is 29.1. The molecule has 3 amide bonds. The SMILES string of the molecule is O=C(Nc1cccc(Cl)c1)c1ccc(N2CCCN(Cc3ccccc3)C2=O)cc1.